The molecule has 0 spiro atoms. The van der Waals surface area contributed by atoms with Crippen LogP contribution in [0.5, 0.6) is 0 Å². The minimum atomic E-state index is -0.315. The molecule has 1 amide bonds. The van der Waals surface area contributed by atoms with E-state index in [1.807, 2.05) is 49.6 Å². The topological polar surface area (TPSA) is 55.1 Å². The van der Waals surface area contributed by atoms with Gasteiger partial charge >= 0.3 is 0 Å². The second-order valence-corrected chi connectivity index (χ2v) is 6.51. The van der Waals surface area contributed by atoms with E-state index in [2.05, 4.69) is 11.4 Å². The van der Waals surface area contributed by atoms with Crippen LogP contribution in [0.25, 0.3) is 10.4 Å². The maximum atomic E-state index is 12.0. The average molecular weight is 288 g/mol. The third-order valence-corrected chi connectivity index (χ3v) is 3.89. The van der Waals surface area contributed by atoms with Crippen molar-refractivity contribution in [2.45, 2.75) is 32.2 Å². The maximum Gasteiger partial charge on any atom is 0.224 e. The van der Waals surface area contributed by atoms with Crippen molar-refractivity contribution in [1.82, 2.24) is 0 Å². The summed E-state index contributed by atoms with van der Waals surface area (Å²) in [6.45, 7) is 3.86. The Bertz CT molecular complexity index is 570. The van der Waals surface area contributed by atoms with E-state index in [9.17, 15) is 4.79 Å². The summed E-state index contributed by atoms with van der Waals surface area (Å²) in [4.78, 5) is 13.2. The van der Waals surface area contributed by atoms with Crippen molar-refractivity contribution in [3.63, 3.8) is 0 Å². The number of carbonyl (C=O) groups is 1. The van der Waals surface area contributed by atoms with Crippen molar-refractivity contribution in [2.24, 2.45) is 5.73 Å². The molecule has 4 heteroatoms. The lowest BCUT2D eigenvalue weighted by atomic mass is 10.00. The van der Waals surface area contributed by atoms with Gasteiger partial charge in [0.25, 0.3) is 0 Å². The second kappa shape index (κ2) is 6.20. The SMILES string of the molecule is CC(C)(N)CCC(=O)Nc1ccccc1-c1cccs1. The molecule has 1 aromatic heterocycles. The van der Waals surface area contributed by atoms with Crippen LogP contribution in [0.4, 0.5) is 5.69 Å². The fourth-order valence-electron chi connectivity index (χ4n) is 1.89. The quantitative estimate of drug-likeness (QED) is 0.877. The van der Waals surface area contributed by atoms with Crippen molar-refractivity contribution in [1.29, 1.82) is 0 Å². The van der Waals surface area contributed by atoms with Gasteiger partial charge in [0, 0.05) is 28.1 Å². The van der Waals surface area contributed by atoms with Crippen LogP contribution in [0.1, 0.15) is 26.7 Å². The number of anilines is 1. The normalized spacial score (nSPS) is 11.3. The summed E-state index contributed by atoms with van der Waals surface area (Å²) in [7, 11) is 0. The second-order valence-electron chi connectivity index (χ2n) is 5.56. The highest BCUT2D eigenvalue weighted by atomic mass is 32.1. The molecule has 0 aliphatic carbocycles. The molecule has 1 aromatic carbocycles. The molecule has 0 unspecified atom stereocenters. The lowest BCUT2D eigenvalue weighted by Crippen LogP contribution is -2.33. The zero-order chi connectivity index (χ0) is 14.6. The smallest absolute Gasteiger partial charge is 0.224 e. The molecule has 0 radical (unpaired) electrons. The fraction of sp³-hybridized carbons (Fsp3) is 0.312. The van der Waals surface area contributed by atoms with Crippen LogP contribution < -0.4 is 11.1 Å². The first-order valence-electron chi connectivity index (χ1n) is 6.67. The Labute approximate surface area is 123 Å². The summed E-state index contributed by atoms with van der Waals surface area (Å²) in [6, 6.07) is 11.9. The first-order chi connectivity index (χ1) is 9.46. The summed E-state index contributed by atoms with van der Waals surface area (Å²) in [5.74, 6) is 0.00697. The monoisotopic (exact) mass is 288 g/mol. The maximum absolute atomic E-state index is 12.0. The molecular weight excluding hydrogens is 268 g/mol. The summed E-state index contributed by atoms with van der Waals surface area (Å²) in [5.41, 5.74) is 7.51. The van der Waals surface area contributed by atoms with Gasteiger partial charge in [-0.15, -0.1) is 11.3 Å². The number of amides is 1. The zero-order valence-electron chi connectivity index (χ0n) is 11.8. The number of nitrogens with one attached hydrogen (secondary N) is 1. The molecular formula is C16H20N2OS. The highest BCUT2D eigenvalue weighted by Gasteiger charge is 2.14. The van der Waals surface area contributed by atoms with Crippen molar-refractivity contribution < 1.29 is 4.79 Å². The van der Waals surface area contributed by atoms with Gasteiger partial charge in [0.2, 0.25) is 5.91 Å². The van der Waals surface area contributed by atoms with Gasteiger partial charge in [0.05, 0.1) is 0 Å². The number of hydrogen-bond acceptors (Lipinski definition) is 3. The number of hydrogen-bond donors (Lipinski definition) is 2. The molecule has 0 aliphatic rings. The van der Waals surface area contributed by atoms with Crippen LogP contribution in [-0.2, 0) is 4.79 Å². The third kappa shape index (κ3) is 4.18. The van der Waals surface area contributed by atoms with Gasteiger partial charge < -0.3 is 11.1 Å². The molecule has 2 rings (SSSR count). The Morgan fingerprint density at radius 2 is 2.00 bits per heavy atom. The number of rotatable bonds is 5. The number of carbonyl (C=O) groups excluding carboxylic acids is 1. The zero-order valence-corrected chi connectivity index (χ0v) is 12.7. The Kier molecular flexibility index (Phi) is 4.57. The molecule has 3 nitrogen and oxygen atoms in total. The first-order valence-corrected chi connectivity index (χ1v) is 7.55. The third-order valence-electron chi connectivity index (χ3n) is 2.98. The van der Waals surface area contributed by atoms with E-state index in [1.54, 1.807) is 11.3 Å². The molecule has 0 bridgehead atoms. The molecule has 0 fully saturated rings. The Morgan fingerprint density at radius 1 is 1.25 bits per heavy atom. The van der Waals surface area contributed by atoms with Gasteiger partial charge in [-0.1, -0.05) is 24.3 Å². The summed E-state index contributed by atoms with van der Waals surface area (Å²) in [5, 5.41) is 5.02. The Hall–Kier alpha value is -1.65. The molecule has 1 heterocycles. The Balaban J connectivity index is 2.08. The van der Waals surface area contributed by atoms with E-state index in [0.29, 0.717) is 12.8 Å². The van der Waals surface area contributed by atoms with Crippen molar-refractivity contribution >= 4 is 22.9 Å². The highest BCUT2D eigenvalue weighted by molar-refractivity contribution is 7.13. The lowest BCUT2D eigenvalue weighted by Gasteiger charge is -2.18. The van der Waals surface area contributed by atoms with E-state index in [4.69, 9.17) is 5.73 Å². The first kappa shape index (κ1) is 14.8. The Morgan fingerprint density at radius 3 is 2.65 bits per heavy atom. The van der Waals surface area contributed by atoms with Gasteiger partial charge in [0.1, 0.15) is 0 Å². The van der Waals surface area contributed by atoms with Gasteiger partial charge in [-0.25, -0.2) is 0 Å². The van der Waals surface area contributed by atoms with Crippen LogP contribution in [0, 0.1) is 0 Å². The van der Waals surface area contributed by atoms with Gasteiger partial charge in [-0.2, -0.15) is 0 Å². The van der Waals surface area contributed by atoms with Crippen LogP contribution in [0.15, 0.2) is 41.8 Å². The average Bonchev–Trinajstić information content (AvgIpc) is 2.90. The number of para-hydroxylation sites is 1. The van der Waals surface area contributed by atoms with Crippen LogP contribution in [0.3, 0.4) is 0 Å². The molecule has 0 saturated heterocycles. The summed E-state index contributed by atoms with van der Waals surface area (Å²) in [6.07, 6.45) is 1.10. The van der Waals surface area contributed by atoms with E-state index >= 15 is 0 Å². The molecule has 2 aromatic rings. The van der Waals surface area contributed by atoms with Crippen LogP contribution >= 0.6 is 11.3 Å². The minimum Gasteiger partial charge on any atom is -0.326 e. The predicted octanol–water partition coefficient (Wildman–Crippen LogP) is 3.87. The number of nitrogens with two attached hydrogens (primary N) is 1. The fourth-order valence-corrected chi connectivity index (χ4v) is 2.65. The predicted molar refractivity (Wildman–Crippen MR) is 85.9 cm³/mol. The lowest BCUT2D eigenvalue weighted by molar-refractivity contribution is -0.116. The highest BCUT2D eigenvalue weighted by Crippen LogP contribution is 2.31. The van der Waals surface area contributed by atoms with Gasteiger partial charge in [0.15, 0.2) is 0 Å². The van der Waals surface area contributed by atoms with Crippen LogP contribution in [-0.4, -0.2) is 11.4 Å². The minimum absolute atomic E-state index is 0.00697. The largest absolute Gasteiger partial charge is 0.326 e. The molecule has 0 saturated carbocycles. The van der Waals surface area contributed by atoms with Crippen molar-refractivity contribution in [3.05, 3.63) is 41.8 Å². The summed E-state index contributed by atoms with van der Waals surface area (Å²) < 4.78 is 0. The van der Waals surface area contributed by atoms with E-state index in [0.717, 1.165) is 16.1 Å². The van der Waals surface area contributed by atoms with Crippen LogP contribution in [0.2, 0.25) is 0 Å². The molecule has 3 N–H and O–H groups in total. The van der Waals surface area contributed by atoms with Crippen molar-refractivity contribution in [3.8, 4) is 10.4 Å². The van der Waals surface area contributed by atoms with E-state index < -0.39 is 0 Å². The molecule has 0 atom stereocenters. The van der Waals surface area contributed by atoms with E-state index in [1.165, 1.54) is 0 Å². The molecule has 106 valence electrons. The molecule has 0 aliphatic heterocycles. The molecule has 20 heavy (non-hydrogen) atoms. The van der Waals surface area contributed by atoms with Gasteiger partial charge in [-0.3, -0.25) is 4.79 Å². The number of benzene rings is 1. The number of thiophene rings is 1. The standard InChI is InChI=1S/C16H20N2OS/c1-16(2,17)10-9-15(19)18-13-7-4-3-6-12(13)14-8-5-11-20-14/h3-8,11H,9-10,17H2,1-2H3,(H,18,19). The van der Waals surface area contributed by atoms with Gasteiger partial charge in [-0.05, 0) is 37.8 Å². The van der Waals surface area contributed by atoms with Crippen molar-refractivity contribution in [2.75, 3.05) is 5.32 Å². The van der Waals surface area contributed by atoms with E-state index in [-0.39, 0.29) is 11.4 Å². The summed E-state index contributed by atoms with van der Waals surface area (Å²) >= 11 is 1.66.